The van der Waals surface area contributed by atoms with Crippen LogP contribution in [-0.4, -0.2) is 35.8 Å². The summed E-state index contributed by atoms with van der Waals surface area (Å²) in [5, 5.41) is 0.335. The van der Waals surface area contributed by atoms with E-state index in [0.29, 0.717) is 5.16 Å². The molecule has 0 saturated heterocycles. The van der Waals surface area contributed by atoms with Gasteiger partial charge in [0.25, 0.3) is 0 Å². The lowest BCUT2D eigenvalue weighted by Crippen LogP contribution is -3.00. The number of unbranched alkanes of at least 4 members (excludes halogenated alkanes) is 10. The van der Waals surface area contributed by atoms with E-state index in [1.165, 1.54) is 201 Å². The molecule has 0 aliphatic rings. The van der Waals surface area contributed by atoms with Crippen molar-refractivity contribution in [3.63, 3.8) is 0 Å². The number of quaternary nitrogens is 1. The summed E-state index contributed by atoms with van der Waals surface area (Å²) in [5.74, 6) is 0. The zero-order valence-electron chi connectivity index (χ0n) is 39.5. The van der Waals surface area contributed by atoms with E-state index in [9.17, 15) is 0 Å². The van der Waals surface area contributed by atoms with Gasteiger partial charge in [0.1, 0.15) is 0 Å². The van der Waals surface area contributed by atoms with E-state index in [1.807, 2.05) is 0 Å². The van der Waals surface area contributed by atoms with E-state index in [2.05, 4.69) is 109 Å². The van der Waals surface area contributed by atoms with Crippen LogP contribution in [0.4, 0.5) is 0 Å². The molecule has 0 spiro atoms. The van der Waals surface area contributed by atoms with E-state index in [4.69, 9.17) is 5.73 Å². The van der Waals surface area contributed by atoms with Crippen LogP contribution in [0.2, 0.25) is 0 Å². The maximum absolute atomic E-state index is 6.86. The second-order valence-corrected chi connectivity index (χ2v) is 17.9. The molecular weight excluding hydrogens is 810 g/mol. The van der Waals surface area contributed by atoms with Gasteiger partial charge in [0.15, 0.2) is 0 Å². The van der Waals surface area contributed by atoms with Gasteiger partial charge in [0, 0.05) is 10.7 Å². The van der Waals surface area contributed by atoms with Gasteiger partial charge in [0.05, 0.1) is 26.2 Å². The molecule has 2 nitrogen and oxygen atoms in total. The van der Waals surface area contributed by atoms with Crippen molar-refractivity contribution >= 4 is 34.1 Å². The van der Waals surface area contributed by atoms with Crippen molar-refractivity contribution in [1.29, 1.82) is 0 Å². The molecule has 6 heteroatoms. The van der Waals surface area contributed by atoms with Gasteiger partial charge in [-0.05, 0) is 88.2 Å². The van der Waals surface area contributed by atoms with Crippen LogP contribution in [0.1, 0.15) is 241 Å². The van der Waals surface area contributed by atoms with Crippen molar-refractivity contribution in [2.24, 2.45) is 5.73 Å². The molecule has 0 heterocycles. The van der Waals surface area contributed by atoms with E-state index in [0.717, 1.165) is 12.8 Å². The van der Waals surface area contributed by atoms with E-state index in [-0.39, 0.29) is 47.3 Å². The first kappa shape index (κ1) is 65.5. The van der Waals surface area contributed by atoms with E-state index < -0.39 is 0 Å². The third-order valence-corrected chi connectivity index (χ3v) is 12.7. The first-order valence-corrected chi connectivity index (χ1v) is 24.3. The Morgan fingerprint density at radius 2 is 0.875 bits per heavy atom. The lowest BCUT2D eigenvalue weighted by Gasteiger charge is -2.39. The summed E-state index contributed by atoms with van der Waals surface area (Å²) in [6, 6.07) is 8.87. The van der Waals surface area contributed by atoms with Crippen molar-refractivity contribution in [3.8, 4) is 0 Å². The second kappa shape index (κ2) is 43.5. The molecule has 1 unspecified atom stereocenters. The molecule has 1 aromatic carbocycles. The molecule has 1 aromatic rings. The summed E-state index contributed by atoms with van der Waals surface area (Å²) >= 11 is 0. The Balaban J connectivity index is -0.000000228. The highest BCUT2D eigenvalue weighted by atomic mass is 79.9. The van der Waals surface area contributed by atoms with Gasteiger partial charge in [-0.25, -0.2) is 0 Å². The highest BCUT2D eigenvalue weighted by molar-refractivity contribution is 7.19. The molecule has 1 rings (SSSR count). The standard InChI is InChI=1S/C19H33N.C16H36N.C15H31P.BrH.2ClH/c1-4-7-12-17-13-10-11-14-18(17)19(20,15-8-5-2)16-9-6-3;1-5-9-13-17(14-10-6-2,15-11-7-3)16-12-8-4;1-5-8-11-14(4)15(16,12-9-6-2)13-10-7-3;;;/h10-11,13-14H,4-9,12,15-16,20H2,1-3H3;5-16H2,1-4H3;4-13,16H2,1-3H3;3*1H/q;+1;;;;/p-1. The van der Waals surface area contributed by atoms with Crippen LogP contribution >= 0.6 is 34.1 Å². The Kier molecular flexibility index (Phi) is 50.8. The zero-order chi connectivity index (χ0) is 40.3. The minimum atomic E-state index is -0.115. The van der Waals surface area contributed by atoms with Crippen LogP contribution in [0.3, 0.4) is 0 Å². The average molecular weight is 913 g/mol. The molecule has 0 aliphatic carbocycles. The predicted molar refractivity (Wildman–Crippen MR) is 264 cm³/mol. The molecule has 0 radical (unpaired) electrons. The molecule has 2 N–H and O–H groups in total. The van der Waals surface area contributed by atoms with E-state index >= 15 is 0 Å². The number of allylic oxidation sites excluding steroid dienone is 1. The topological polar surface area (TPSA) is 26.0 Å². The fraction of sp³-hybridized carbons (Fsp3) is 0.840. The quantitative estimate of drug-likeness (QED) is 0.0435. The van der Waals surface area contributed by atoms with E-state index in [1.54, 1.807) is 0 Å². The number of halogens is 3. The second-order valence-electron chi connectivity index (χ2n) is 16.8. The number of nitrogens with zero attached hydrogens (tertiary/aromatic N) is 1. The van der Waals surface area contributed by atoms with Crippen LogP contribution < -0.4 is 22.7 Å². The van der Waals surface area contributed by atoms with Crippen LogP contribution in [0.15, 0.2) is 36.4 Å². The lowest BCUT2D eigenvalue weighted by atomic mass is 9.78. The number of nitrogens with two attached hydrogens (primary N) is 1. The van der Waals surface area contributed by atoms with Crippen molar-refractivity contribution < 1.29 is 21.5 Å². The summed E-state index contributed by atoms with van der Waals surface area (Å²) in [6.07, 6.45) is 33.5. The molecule has 1 atom stereocenters. The average Bonchev–Trinajstić information content (AvgIpc) is 3.18. The highest BCUT2D eigenvalue weighted by Crippen LogP contribution is 2.39. The van der Waals surface area contributed by atoms with Crippen LogP contribution in [0.25, 0.3) is 0 Å². The van der Waals surface area contributed by atoms with Crippen molar-refractivity contribution in [2.75, 3.05) is 26.2 Å². The Morgan fingerprint density at radius 1 is 0.536 bits per heavy atom. The summed E-state index contributed by atoms with van der Waals surface area (Å²) in [6.45, 7) is 32.9. The molecule has 0 fully saturated rings. The van der Waals surface area contributed by atoms with Gasteiger partial charge in [-0.2, -0.15) is 0 Å². The van der Waals surface area contributed by atoms with Crippen molar-refractivity contribution in [1.82, 2.24) is 0 Å². The van der Waals surface area contributed by atoms with Crippen LogP contribution in [-0.2, 0) is 12.0 Å². The lowest BCUT2D eigenvalue weighted by molar-refractivity contribution is -0.929. The molecular formula is C50H102BrCl2N2P. The number of hydrogen-bond donors (Lipinski definition) is 1. The molecule has 338 valence electrons. The largest absolute Gasteiger partial charge is 1.00 e. The third-order valence-electron chi connectivity index (χ3n) is 11.7. The monoisotopic (exact) mass is 911 g/mol. The Hall–Kier alpha value is 0.370. The van der Waals surface area contributed by atoms with Gasteiger partial charge in [-0.15, -0.1) is 34.1 Å². The Bertz CT molecular complexity index is 905. The maximum Gasteiger partial charge on any atom is 0.0786 e. The third kappa shape index (κ3) is 30.4. The number of aryl methyl sites for hydroxylation is 1. The van der Waals surface area contributed by atoms with Gasteiger partial charge >= 0.3 is 0 Å². The predicted octanol–water partition coefficient (Wildman–Crippen LogP) is 14.1. The molecule has 0 amide bonds. The minimum Gasteiger partial charge on any atom is -1.00 e. The SMILES string of the molecule is C=C(CCCC)C(P)(CCCC)CCCC.CCCC[N+](CCCC)(CCCC)CCCC.CCCCc1ccccc1C(N)(CCCC)CCCC.Cl.Cl.[Br-]. The number of hydrogen-bond acceptors (Lipinski definition) is 1. The first-order valence-electron chi connectivity index (χ1n) is 23.7. The summed E-state index contributed by atoms with van der Waals surface area (Å²) in [7, 11) is 3.13. The summed E-state index contributed by atoms with van der Waals surface area (Å²) < 4.78 is 1.42. The Morgan fingerprint density at radius 3 is 1.23 bits per heavy atom. The van der Waals surface area contributed by atoms with Crippen LogP contribution in [0, 0.1) is 0 Å². The molecule has 56 heavy (non-hydrogen) atoms. The number of rotatable bonds is 32. The minimum absolute atomic E-state index is 0. The molecule has 0 aliphatic heterocycles. The smallest absolute Gasteiger partial charge is 0.0786 e. The van der Waals surface area contributed by atoms with Crippen molar-refractivity contribution in [2.45, 2.75) is 247 Å². The van der Waals surface area contributed by atoms with Gasteiger partial charge in [-0.3, -0.25) is 0 Å². The normalized spacial score (nSPS) is 11.2. The number of benzene rings is 1. The Labute approximate surface area is 379 Å². The fourth-order valence-electron chi connectivity index (χ4n) is 7.72. The van der Waals surface area contributed by atoms with Crippen molar-refractivity contribution in [3.05, 3.63) is 47.5 Å². The maximum atomic E-state index is 6.86. The highest BCUT2D eigenvalue weighted by Gasteiger charge is 2.29. The molecule has 0 aromatic heterocycles. The first-order chi connectivity index (χ1) is 25.5. The molecule has 0 saturated carbocycles. The summed E-state index contributed by atoms with van der Waals surface area (Å²) in [4.78, 5) is 0. The van der Waals surface area contributed by atoms with Gasteiger partial charge < -0.3 is 27.2 Å². The van der Waals surface area contributed by atoms with Crippen LogP contribution in [0.5, 0.6) is 0 Å². The molecule has 0 bridgehead atoms. The zero-order valence-corrected chi connectivity index (χ0v) is 43.9. The van der Waals surface area contributed by atoms with Gasteiger partial charge in [0.2, 0.25) is 0 Å². The summed E-state index contributed by atoms with van der Waals surface area (Å²) in [5.41, 5.74) is 11.1. The van der Waals surface area contributed by atoms with Gasteiger partial charge in [-0.1, -0.05) is 196 Å². The fourth-order valence-corrected chi connectivity index (χ4v) is 8.27.